The summed E-state index contributed by atoms with van der Waals surface area (Å²) in [7, 11) is 3.54. The Kier molecular flexibility index (Phi) is 5.56. The van der Waals surface area contributed by atoms with Gasteiger partial charge >= 0.3 is 0 Å². The van der Waals surface area contributed by atoms with Crippen molar-refractivity contribution in [3.05, 3.63) is 0 Å². The zero-order valence-corrected chi connectivity index (χ0v) is 16.2. The second-order valence-corrected chi connectivity index (χ2v) is 8.62. The van der Waals surface area contributed by atoms with Crippen molar-refractivity contribution in [1.82, 2.24) is 15.5 Å². The zero-order valence-electron chi connectivity index (χ0n) is 16.2. The number of fused-ring (bicyclic) bond motifs is 1. The van der Waals surface area contributed by atoms with Crippen molar-refractivity contribution in [2.24, 2.45) is 16.3 Å². The fourth-order valence-corrected chi connectivity index (χ4v) is 4.65. The lowest BCUT2D eigenvalue weighted by atomic mass is 9.55. The summed E-state index contributed by atoms with van der Waals surface area (Å²) in [6.07, 6.45) is 7.60. The van der Waals surface area contributed by atoms with Gasteiger partial charge in [0.25, 0.3) is 0 Å². The van der Waals surface area contributed by atoms with E-state index < -0.39 is 0 Å². The van der Waals surface area contributed by atoms with E-state index in [1.54, 1.807) is 19.0 Å². The molecule has 2 aliphatic carbocycles. The summed E-state index contributed by atoms with van der Waals surface area (Å²) >= 11 is 0. The molecular formula is C19H34N4O2. The summed E-state index contributed by atoms with van der Waals surface area (Å²) in [5.74, 6) is 1.37. The number of hydrogen-bond donors (Lipinski definition) is 2. The van der Waals surface area contributed by atoms with Gasteiger partial charge in [-0.05, 0) is 25.7 Å². The Balaban J connectivity index is 1.67. The average Bonchev–Trinajstić information content (AvgIpc) is 3.09. The number of rotatable bonds is 4. The van der Waals surface area contributed by atoms with Gasteiger partial charge < -0.3 is 20.3 Å². The molecule has 0 spiro atoms. The third kappa shape index (κ3) is 3.94. The molecule has 0 radical (unpaired) electrons. The minimum atomic E-state index is 0.0271. The molecule has 3 atom stereocenters. The summed E-state index contributed by atoms with van der Waals surface area (Å²) in [5, 5.41) is 7.22. The van der Waals surface area contributed by atoms with Crippen molar-refractivity contribution < 1.29 is 9.53 Å². The second-order valence-electron chi connectivity index (χ2n) is 8.62. The minimum absolute atomic E-state index is 0.0271. The van der Waals surface area contributed by atoms with Gasteiger partial charge in [-0.2, -0.15) is 0 Å². The van der Waals surface area contributed by atoms with Gasteiger partial charge in [-0.1, -0.05) is 26.7 Å². The van der Waals surface area contributed by atoms with E-state index in [2.05, 4.69) is 29.5 Å². The van der Waals surface area contributed by atoms with E-state index in [0.29, 0.717) is 24.1 Å². The van der Waals surface area contributed by atoms with Crippen LogP contribution in [0.1, 0.15) is 52.4 Å². The molecule has 6 heteroatoms. The van der Waals surface area contributed by atoms with Crippen molar-refractivity contribution in [1.29, 1.82) is 0 Å². The Morgan fingerprint density at radius 1 is 1.16 bits per heavy atom. The fourth-order valence-electron chi connectivity index (χ4n) is 4.65. The number of guanidine groups is 1. The highest BCUT2D eigenvalue weighted by atomic mass is 16.5. The Hall–Kier alpha value is -1.30. The lowest BCUT2D eigenvalue weighted by molar-refractivity contribution is -0.188. The zero-order chi connectivity index (χ0) is 18.0. The van der Waals surface area contributed by atoms with E-state index in [4.69, 9.17) is 4.74 Å². The van der Waals surface area contributed by atoms with Gasteiger partial charge in [-0.3, -0.25) is 4.79 Å². The molecule has 1 heterocycles. The van der Waals surface area contributed by atoms with Crippen LogP contribution < -0.4 is 10.6 Å². The smallest absolute Gasteiger partial charge is 0.243 e. The maximum absolute atomic E-state index is 12.0. The van der Waals surface area contributed by atoms with E-state index in [-0.39, 0.29) is 17.9 Å². The molecule has 0 aromatic heterocycles. The first-order valence-electron chi connectivity index (χ1n) is 9.79. The van der Waals surface area contributed by atoms with E-state index in [1.807, 2.05) is 0 Å². The predicted octanol–water partition coefficient (Wildman–Crippen LogP) is 1.76. The molecule has 3 rings (SSSR count). The molecule has 3 aliphatic rings. The molecule has 0 aromatic carbocycles. The van der Waals surface area contributed by atoms with Gasteiger partial charge in [0, 0.05) is 44.1 Å². The number of carbonyl (C=O) groups is 1. The highest BCUT2D eigenvalue weighted by Crippen LogP contribution is 2.51. The molecule has 2 saturated carbocycles. The molecule has 3 fully saturated rings. The Morgan fingerprint density at radius 2 is 1.88 bits per heavy atom. The molecule has 0 bridgehead atoms. The van der Waals surface area contributed by atoms with E-state index >= 15 is 0 Å². The largest absolute Gasteiger partial charge is 0.377 e. The van der Waals surface area contributed by atoms with Crippen LogP contribution >= 0.6 is 0 Å². The highest BCUT2D eigenvalue weighted by Gasteiger charge is 2.58. The summed E-state index contributed by atoms with van der Waals surface area (Å²) in [6.45, 7) is 5.62. The van der Waals surface area contributed by atoms with Gasteiger partial charge in [0.05, 0.1) is 6.10 Å². The Labute approximate surface area is 151 Å². The number of nitrogens with zero attached hydrogens (tertiary/aromatic N) is 2. The number of hydrogen-bond acceptors (Lipinski definition) is 3. The van der Waals surface area contributed by atoms with Crippen LogP contribution in [-0.4, -0.2) is 62.2 Å². The molecule has 142 valence electrons. The first kappa shape index (κ1) is 18.5. The van der Waals surface area contributed by atoms with Crippen molar-refractivity contribution in [3.63, 3.8) is 0 Å². The number of carbonyl (C=O) groups excluding carboxylic acids is 1. The molecular weight excluding hydrogens is 316 g/mol. The molecule has 25 heavy (non-hydrogen) atoms. The van der Waals surface area contributed by atoms with Crippen LogP contribution in [-0.2, 0) is 9.53 Å². The van der Waals surface area contributed by atoms with Gasteiger partial charge in [0.1, 0.15) is 6.54 Å². The Morgan fingerprint density at radius 3 is 2.56 bits per heavy atom. The molecule has 1 saturated heterocycles. The summed E-state index contributed by atoms with van der Waals surface area (Å²) in [6, 6.07) is 0.821. The standard InChI is InChI=1S/C19H34N4O2/c1-19(2)16(14-10-7-11-25-17(14)19)22-18(20-12-15(24)23(3)4)21-13-8-5-6-9-13/h13-14,16-17H,5-12H2,1-4H3,(H2,20,21,22). The number of amides is 1. The van der Waals surface area contributed by atoms with Crippen LogP contribution in [0.4, 0.5) is 0 Å². The van der Waals surface area contributed by atoms with Gasteiger partial charge in [0.2, 0.25) is 5.91 Å². The van der Waals surface area contributed by atoms with Crippen LogP contribution in [0.5, 0.6) is 0 Å². The van der Waals surface area contributed by atoms with Crippen LogP contribution in [0.3, 0.4) is 0 Å². The molecule has 2 N–H and O–H groups in total. The fraction of sp³-hybridized carbons (Fsp3) is 0.895. The van der Waals surface area contributed by atoms with Gasteiger partial charge in [-0.25, -0.2) is 4.99 Å². The topological polar surface area (TPSA) is 66.0 Å². The van der Waals surface area contributed by atoms with Crippen LogP contribution in [0.15, 0.2) is 4.99 Å². The monoisotopic (exact) mass is 350 g/mol. The van der Waals surface area contributed by atoms with Crippen molar-refractivity contribution in [2.45, 2.75) is 70.6 Å². The number of nitrogens with one attached hydrogen (secondary N) is 2. The van der Waals surface area contributed by atoms with Crippen LogP contribution in [0.25, 0.3) is 0 Å². The minimum Gasteiger partial charge on any atom is -0.377 e. The summed E-state index contributed by atoms with van der Waals surface area (Å²) in [4.78, 5) is 18.1. The Bertz CT molecular complexity index is 512. The normalized spacial score (nSPS) is 31.8. The van der Waals surface area contributed by atoms with E-state index in [9.17, 15) is 4.79 Å². The van der Waals surface area contributed by atoms with Gasteiger partial charge in [-0.15, -0.1) is 0 Å². The lowest BCUT2D eigenvalue weighted by Gasteiger charge is -2.60. The van der Waals surface area contributed by atoms with Crippen LogP contribution in [0, 0.1) is 11.3 Å². The highest BCUT2D eigenvalue weighted by molar-refractivity contribution is 5.85. The molecule has 1 amide bonds. The number of aliphatic imine (C=N–C) groups is 1. The average molecular weight is 351 g/mol. The third-order valence-electron chi connectivity index (χ3n) is 6.19. The number of likely N-dealkylation sites (N-methyl/N-ethyl adjacent to an activating group) is 1. The lowest BCUT2D eigenvalue weighted by Crippen LogP contribution is -2.71. The van der Waals surface area contributed by atoms with Gasteiger partial charge in [0.15, 0.2) is 5.96 Å². The molecule has 0 aromatic rings. The quantitative estimate of drug-likeness (QED) is 0.599. The first-order valence-corrected chi connectivity index (χ1v) is 9.79. The SMILES string of the molecule is CN(C)C(=O)CN=C(NC1CCCC1)NC1C2CCCOC2C1(C)C. The maximum atomic E-state index is 12.0. The third-order valence-corrected chi connectivity index (χ3v) is 6.19. The second kappa shape index (κ2) is 7.52. The van der Waals surface area contributed by atoms with Crippen molar-refractivity contribution in [3.8, 4) is 0 Å². The molecule has 3 unspecified atom stereocenters. The maximum Gasteiger partial charge on any atom is 0.243 e. The van der Waals surface area contributed by atoms with Crippen molar-refractivity contribution in [2.75, 3.05) is 27.2 Å². The predicted molar refractivity (Wildman–Crippen MR) is 99.6 cm³/mol. The summed E-state index contributed by atoms with van der Waals surface area (Å²) < 4.78 is 6.01. The summed E-state index contributed by atoms with van der Waals surface area (Å²) in [5.41, 5.74) is 0.0920. The van der Waals surface area contributed by atoms with Crippen LogP contribution in [0.2, 0.25) is 0 Å². The number of ether oxygens (including phenoxy) is 1. The molecule has 1 aliphatic heterocycles. The van der Waals surface area contributed by atoms with Crippen molar-refractivity contribution >= 4 is 11.9 Å². The van der Waals surface area contributed by atoms with E-state index in [1.165, 1.54) is 32.1 Å². The first-order chi connectivity index (χ1) is 11.9. The molecule has 6 nitrogen and oxygen atoms in total. The van der Waals surface area contributed by atoms with E-state index in [0.717, 1.165) is 19.0 Å².